The number of carbonyl (C=O) groups excluding carboxylic acids is 3. The Balaban J connectivity index is 1.60. The normalized spacial score (nSPS) is 49.7. The molecule has 3 saturated carbocycles. The molecule has 4 nitrogen and oxygen atoms in total. The minimum absolute atomic E-state index is 0.0423. The van der Waals surface area contributed by atoms with Crippen molar-refractivity contribution < 1.29 is 19.1 Å². The van der Waals surface area contributed by atoms with Crippen molar-refractivity contribution >= 4 is 29.1 Å². The minimum Gasteiger partial charge on any atom is -0.451 e. The third-order valence-corrected chi connectivity index (χ3v) is 9.83. The summed E-state index contributed by atoms with van der Waals surface area (Å²) in [6.07, 6.45) is 8.18. The van der Waals surface area contributed by atoms with E-state index in [1.54, 1.807) is 6.92 Å². The van der Waals surface area contributed by atoms with Gasteiger partial charge in [0.2, 0.25) is 0 Å². The van der Waals surface area contributed by atoms with Crippen LogP contribution in [0.3, 0.4) is 0 Å². The first-order chi connectivity index (χ1) is 13.6. The molecule has 5 aliphatic rings. The maximum atomic E-state index is 12.8. The molecule has 5 heteroatoms. The van der Waals surface area contributed by atoms with Crippen molar-refractivity contribution in [1.29, 1.82) is 0 Å². The van der Waals surface area contributed by atoms with Gasteiger partial charge in [0.15, 0.2) is 17.2 Å². The Hall–Kier alpha value is -1.42. The van der Waals surface area contributed by atoms with E-state index in [0.29, 0.717) is 23.3 Å². The number of rotatable bonds is 2. The average Bonchev–Trinajstić information content (AvgIpc) is 3.39. The Morgan fingerprint density at radius 1 is 1.10 bits per heavy atom. The van der Waals surface area contributed by atoms with E-state index in [0.717, 1.165) is 31.3 Å². The summed E-state index contributed by atoms with van der Waals surface area (Å²) in [7, 11) is 0. The quantitative estimate of drug-likeness (QED) is 0.617. The van der Waals surface area contributed by atoms with Crippen LogP contribution in [0.2, 0.25) is 0 Å². The maximum Gasteiger partial charge on any atom is 0.303 e. The van der Waals surface area contributed by atoms with Crippen LogP contribution in [0.4, 0.5) is 0 Å². The molecule has 5 rings (SSSR count). The summed E-state index contributed by atoms with van der Waals surface area (Å²) in [5, 5.41) is 0.713. The fraction of sp³-hybridized carbons (Fsp3) is 0.708. The molecule has 0 N–H and O–H groups in total. The number of hydrogen-bond donors (Lipinski definition) is 0. The maximum absolute atomic E-state index is 12.8. The van der Waals surface area contributed by atoms with Crippen LogP contribution in [0, 0.1) is 40.4 Å². The number of esters is 1. The summed E-state index contributed by atoms with van der Waals surface area (Å²) >= 11 is 6.79. The average molecular weight is 417 g/mol. The number of ketones is 2. The monoisotopic (exact) mass is 416 g/mol. The number of carbonyl (C=O) groups is 3. The van der Waals surface area contributed by atoms with Crippen molar-refractivity contribution in [2.75, 3.05) is 0 Å². The van der Waals surface area contributed by atoms with E-state index in [2.05, 4.69) is 19.9 Å². The molecule has 1 unspecified atom stereocenters. The zero-order valence-electron chi connectivity index (χ0n) is 17.6. The Bertz CT molecular complexity index is 903. The summed E-state index contributed by atoms with van der Waals surface area (Å²) in [6, 6.07) is 0. The van der Waals surface area contributed by atoms with Gasteiger partial charge in [0.25, 0.3) is 0 Å². The van der Waals surface area contributed by atoms with E-state index in [-0.39, 0.29) is 46.1 Å². The third kappa shape index (κ3) is 2.24. The van der Waals surface area contributed by atoms with E-state index >= 15 is 0 Å². The van der Waals surface area contributed by atoms with Crippen LogP contribution in [0.5, 0.6) is 0 Å². The molecule has 0 aliphatic heterocycles. The zero-order chi connectivity index (χ0) is 20.9. The zero-order valence-corrected chi connectivity index (χ0v) is 18.3. The lowest BCUT2D eigenvalue weighted by molar-refractivity contribution is -0.185. The van der Waals surface area contributed by atoms with Crippen molar-refractivity contribution in [3.05, 3.63) is 22.8 Å². The highest BCUT2D eigenvalue weighted by atomic mass is 35.5. The second kappa shape index (κ2) is 5.84. The summed E-state index contributed by atoms with van der Waals surface area (Å²) in [5.41, 5.74) is -0.455. The lowest BCUT2D eigenvalue weighted by Gasteiger charge is -2.57. The second-order valence-electron chi connectivity index (χ2n) is 10.5. The van der Waals surface area contributed by atoms with Gasteiger partial charge >= 0.3 is 5.97 Å². The smallest absolute Gasteiger partial charge is 0.303 e. The van der Waals surface area contributed by atoms with Crippen LogP contribution in [0.25, 0.3) is 0 Å². The van der Waals surface area contributed by atoms with Crippen LogP contribution in [0.15, 0.2) is 22.8 Å². The van der Waals surface area contributed by atoms with E-state index in [9.17, 15) is 14.4 Å². The van der Waals surface area contributed by atoms with Gasteiger partial charge in [-0.2, -0.15) is 0 Å². The molecule has 0 bridgehead atoms. The van der Waals surface area contributed by atoms with Gasteiger partial charge in [-0.05, 0) is 74.3 Å². The van der Waals surface area contributed by atoms with Gasteiger partial charge in [-0.25, -0.2) is 0 Å². The van der Waals surface area contributed by atoms with Gasteiger partial charge in [0.1, 0.15) is 0 Å². The first-order valence-electron chi connectivity index (χ1n) is 10.9. The molecule has 0 amide bonds. The van der Waals surface area contributed by atoms with Gasteiger partial charge in [-0.3, -0.25) is 14.4 Å². The van der Waals surface area contributed by atoms with Gasteiger partial charge in [0, 0.05) is 28.7 Å². The van der Waals surface area contributed by atoms with Gasteiger partial charge in [-0.15, -0.1) is 0 Å². The molecule has 5 aliphatic carbocycles. The predicted molar refractivity (Wildman–Crippen MR) is 109 cm³/mol. The van der Waals surface area contributed by atoms with Crippen LogP contribution in [-0.2, 0) is 19.1 Å². The fourth-order valence-electron chi connectivity index (χ4n) is 8.03. The number of hydrogen-bond acceptors (Lipinski definition) is 4. The van der Waals surface area contributed by atoms with Gasteiger partial charge in [-0.1, -0.05) is 31.5 Å². The van der Waals surface area contributed by atoms with Crippen molar-refractivity contribution in [3.8, 4) is 0 Å². The number of Topliss-reactive ketones (excluding diaryl/α,β-unsaturated/α-hetero) is 1. The molecule has 156 valence electrons. The van der Waals surface area contributed by atoms with Crippen LogP contribution in [0.1, 0.15) is 59.8 Å². The van der Waals surface area contributed by atoms with E-state index < -0.39 is 5.60 Å². The molecule has 0 aromatic heterocycles. The SMILES string of the molecule is CC(=O)O[C@]1(C(C)=O)CC[C@H]2[C@@H]3C=C(Cl)C4=CC(=O)[C@@H]5CC5[C@]4(C)[C@H]3CC[C@@]21C. The van der Waals surface area contributed by atoms with Crippen molar-refractivity contribution in [3.63, 3.8) is 0 Å². The van der Waals surface area contributed by atoms with Gasteiger partial charge in [0.05, 0.1) is 0 Å². The molecule has 0 radical (unpaired) electrons. The molecule has 0 aromatic rings. The van der Waals surface area contributed by atoms with Crippen molar-refractivity contribution in [2.45, 2.75) is 65.4 Å². The Morgan fingerprint density at radius 3 is 2.45 bits per heavy atom. The van der Waals surface area contributed by atoms with E-state index in [1.807, 2.05) is 6.08 Å². The summed E-state index contributed by atoms with van der Waals surface area (Å²) < 4.78 is 5.82. The number of allylic oxidation sites excluding steroid dienone is 4. The Labute approximate surface area is 177 Å². The molecule has 29 heavy (non-hydrogen) atoms. The molecular formula is C24H29ClO4. The number of ether oxygens (including phenoxy) is 1. The predicted octanol–water partition coefficient (Wildman–Crippen LogP) is 4.61. The largest absolute Gasteiger partial charge is 0.451 e. The number of halogens is 1. The van der Waals surface area contributed by atoms with Crippen LogP contribution < -0.4 is 0 Å². The van der Waals surface area contributed by atoms with E-state index in [4.69, 9.17) is 16.3 Å². The van der Waals surface area contributed by atoms with Crippen LogP contribution in [-0.4, -0.2) is 23.1 Å². The van der Waals surface area contributed by atoms with Crippen molar-refractivity contribution in [1.82, 2.24) is 0 Å². The second-order valence-corrected chi connectivity index (χ2v) is 10.9. The molecule has 0 spiro atoms. The first kappa shape index (κ1) is 19.5. The molecule has 0 aromatic carbocycles. The first-order valence-corrected chi connectivity index (χ1v) is 11.3. The Kier molecular flexibility index (Phi) is 3.93. The standard InChI is InChI=1S/C24H29ClO4/c1-12(26)24(29-13(2)27)8-6-16-14-10-20(25)19-11-21(28)15-9-18(15)23(19,4)17(14)5-7-22(16,24)3/h10-11,14-18H,5-9H2,1-4H3/t14-,15+,16-,17-,18?,22-,23-,24-/m0/s1. The fourth-order valence-corrected chi connectivity index (χ4v) is 8.43. The summed E-state index contributed by atoms with van der Waals surface area (Å²) in [4.78, 5) is 37.1. The summed E-state index contributed by atoms with van der Waals surface area (Å²) in [5.74, 6) is 1.27. The van der Waals surface area contributed by atoms with Crippen LogP contribution >= 0.6 is 11.6 Å². The molecule has 8 atom stereocenters. The lowest BCUT2D eigenvalue weighted by Crippen LogP contribution is -2.58. The minimum atomic E-state index is -1.03. The molecule has 0 heterocycles. The highest BCUT2D eigenvalue weighted by Crippen LogP contribution is 2.72. The highest BCUT2D eigenvalue weighted by molar-refractivity contribution is 6.32. The Morgan fingerprint density at radius 2 is 1.79 bits per heavy atom. The molecular weight excluding hydrogens is 388 g/mol. The highest BCUT2D eigenvalue weighted by Gasteiger charge is 2.70. The topological polar surface area (TPSA) is 60.4 Å². The lowest BCUT2D eigenvalue weighted by atomic mass is 9.47. The third-order valence-electron chi connectivity index (χ3n) is 9.50. The molecule has 0 saturated heterocycles. The summed E-state index contributed by atoms with van der Waals surface area (Å²) in [6.45, 7) is 7.42. The van der Waals surface area contributed by atoms with Gasteiger partial charge < -0.3 is 4.74 Å². The van der Waals surface area contributed by atoms with Crippen molar-refractivity contribution in [2.24, 2.45) is 40.4 Å². The van der Waals surface area contributed by atoms with E-state index in [1.165, 1.54) is 6.92 Å². The number of fused-ring (bicyclic) bond motifs is 7. The molecule has 3 fully saturated rings.